The van der Waals surface area contributed by atoms with Gasteiger partial charge in [-0.2, -0.15) is 5.10 Å². The molecule has 0 aliphatic rings. The summed E-state index contributed by atoms with van der Waals surface area (Å²) in [5.74, 6) is 0. The maximum absolute atomic E-state index is 12.9. The number of hydrogen-bond acceptors (Lipinski definition) is 5. The standard InChI is InChI=1S/C19H16N4O2S/c1-13-8-10-16(11-9-13)26(24,25)19-14(2)23-18(21-22-19)17(12-20-23)15-6-4-3-5-7-15/h3-12H,1-2H3. The van der Waals surface area contributed by atoms with Gasteiger partial charge in [0.05, 0.1) is 16.8 Å². The minimum atomic E-state index is -3.77. The number of aryl methyl sites for hydroxylation is 2. The van der Waals surface area contributed by atoms with Crippen molar-refractivity contribution in [1.82, 2.24) is 19.8 Å². The first-order chi connectivity index (χ1) is 12.5. The number of rotatable bonds is 3. The molecule has 0 aliphatic carbocycles. The molecule has 0 fully saturated rings. The summed E-state index contributed by atoms with van der Waals surface area (Å²) in [6, 6.07) is 16.4. The Hall–Kier alpha value is -3.06. The van der Waals surface area contributed by atoms with Gasteiger partial charge >= 0.3 is 0 Å². The molecule has 26 heavy (non-hydrogen) atoms. The van der Waals surface area contributed by atoms with Crippen molar-refractivity contribution in [2.24, 2.45) is 0 Å². The van der Waals surface area contributed by atoms with E-state index in [4.69, 9.17) is 0 Å². The topological polar surface area (TPSA) is 77.2 Å². The predicted octanol–water partition coefficient (Wildman–Crippen LogP) is 3.24. The highest BCUT2D eigenvalue weighted by molar-refractivity contribution is 7.91. The Balaban J connectivity index is 1.88. The molecule has 0 bridgehead atoms. The molecule has 0 saturated carbocycles. The summed E-state index contributed by atoms with van der Waals surface area (Å²) in [6.45, 7) is 3.59. The van der Waals surface area contributed by atoms with Gasteiger partial charge in [0.2, 0.25) is 14.9 Å². The molecule has 0 atom stereocenters. The lowest BCUT2D eigenvalue weighted by atomic mass is 10.1. The Morgan fingerprint density at radius 3 is 2.27 bits per heavy atom. The maximum Gasteiger partial charge on any atom is 0.227 e. The molecular formula is C19H16N4O2S. The third kappa shape index (κ3) is 2.57. The SMILES string of the molecule is Cc1ccc(S(=O)(=O)c2nnc3c(-c4ccccc4)cnn3c2C)cc1. The molecule has 0 saturated heterocycles. The summed E-state index contributed by atoms with van der Waals surface area (Å²) >= 11 is 0. The van der Waals surface area contributed by atoms with E-state index in [1.807, 2.05) is 37.3 Å². The van der Waals surface area contributed by atoms with E-state index < -0.39 is 9.84 Å². The van der Waals surface area contributed by atoms with Crippen molar-refractivity contribution in [2.45, 2.75) is 23.8 Å². The van der Waals surface area contributed by atoms with Crippen LogP contribution in [0.15, 0.2) is 70.7 Å². The summed E-state index contributed by atoms with van der Waals surface area (Å²) in [7, 11) is -3.77. The van der Waals surface area contributed by atoms with Crippen molar-refractivity contribution in [3.8, 4) is 11.1 Å². The molecule has 4 rings (SSSR count). The van der Waals surface area contributed by atoms with Crippen LogP contribution < -0.4 is 0 Å². The van der Waals surface area contributed by atoms with Gasteiger partial charge in [-0.1, -0.05) is 48.0 Å². The van der Waals surface area contributed by atoms with Gasteiger partial charge in [-0.15, -0.1) is 10.2 Å². The van der Waals surface area contributed by atoms with Crippen LogP contribution in [-0.4, -0.2) is 28.2 Å². The molecule has 7 heteroatoms. The number of sulfone groups is 1. The zero-order valence-corrected chi connectivity index (χ0v) is 15.1. The van der Waals surface area contributed by atoms with E-state index >= 15 is 0 Å². The summed E-state index contributed by atoms with van der Waals surface area (Å²) in [4.78, 5) is 0.190. The molecule has 2 aromatic heterocycles. The highest BCUT2D eigenvalue weighted by Crippen LogP contribution is 2.26. The maximum atomic E-state index is 12.9. The van der Waals surface area contributed by atoms with E-state index in [0.717, 1.165) is 16.7 Å². The summed E-state index contributed by atoms with van der Waals surface area (Å²) in [5, 5.41) is 12.4. The normalized spacial score (nSPS) is 11.8. The first-order valence-electron chi connectivity index (χ1n) is 8.06. The van der Waals surface area contributed by atoms with Crippen LogP contribution in [-0.2, 0) is 9.84 Å². The minimum absolute atomic E-state index is 0.0865. The van der Waals surface area contributed by atoms with Crippen molar-refractivity contribution < 1.29 is 8.42 Å². The Morgan fingerprint density at radius 2 is 1.58 bits per heavy atom. The van der Waals surface area contributed by atoms with Crippen molar-refractivity contribution in [3.05, 3.63) is 72.1 Å². The van der Waals surface area contributed by atoms with E-state index in [-0.39, 0.29) is 9.92 Å². The zero-order valence-electron chi connectivity index (χ0n) is 14.3. The second kappa shape index (κ2) is 6.03. The largest absolute Gasteiger partial charge is 0.227 e. The zero-order chi connectivity index (χ0) is 18.3. The quantitative estimate of drug-likeness (QED) is 0.558. The van der Waals surface area contributed by atoms with Gasteiger partial charge < -0.3 is 0 Å². The molecule has 0 amide bonds. The Morgan fingerprint density at radius 1 is 0.885 bits per heavy atom. The summed E-state index contributed by atoms with van der Waals surface area (Å²) in [6.07, 6.45) is 1.68. The second-order valence-electron chi connectivity index (χ2n) is 6.07. The Bertz CT molecular complexity index is 1200. The number of nitrogens with zero attached hydrogens (tertiary/aromatic N) is 4. The lowest BCUT2D eigenvalue weighted by Gasteiger charge is -2.08. The minimum Gasteiger partial charge on any atom is -0.217 e. The number of hydrogen-bond donors (Lipinski definition) is 0. The molecule has 0 N–H and O–H groups in total. The van der Waals surface area contributed by atoms with Crippen LogP contribution in [0, 0.1) is 13.8 Å². The fourth-order valence-corrected chi connectivity index (χ4v) is 4.18. The average Bonchev–Trinajstić information content (AvgIpc) is 3.08. The first kappa shape index (κ1) is 16.4. The van der Waals surface area contributed by atoms with Crippen molar-refractivity contribution >= 4 is 15.5 Å². The lowest BCUT2D eigenvalue weighted by molar-refractivity contribution is 0.586. The van der Waals surface area contributed by atoms with Crippen LogP contribution in [0.1, 0.15) is 11.3 Å². The molecule has 0 radical (unpaired) electrons. The van der Waals surface area contributed by atoms with Gasteiger partial charge in [0.15, 0.2) is 5.65 Å². The van der Waals surface area contributed by atoms with Crippen LogP contribution in [0.4, 0.5) is 0 Å². The molecule has 2 aromatic carbocycles. The van der Waals surface area contributed by atoms with Crippen molar-refractivity contribution in [2.75, 3.05) is 0 Å². The second-order valence-corrected chi connectivity index (χ2v) is 7.93. The molecule has 6 nitrogen and oxygen atoms in total. The summed E-state index contributed by atoms with van der Waals surface area (Å²) in [5.41, 5.74) is 3.70. The molecule has 0 aliphatic heterocycles. The van der Waals surface area contributed by atoms with E-state index in [0.29, 0.717) is 11.3 Å². The highest BCUT2D eigenvalue weighted by Gasteiger charge is 2.25. The lowest BCUT2D eigenvalue weighted by Crippen LogP contribution is -2.12. The van der Waals surface area contributed by atoms with Gasteiger partial charge in [-0.05, 0) is 31.5 Å². The van der Waals surface area contributed by atoms with Crippen molar-refractivity contribution in [1.29, 1.82) is 0 Å². The molecular weight excluding hydrogens is 348 g/mol. The van der Waals surface area contributed by atoms with Gasteiger partial charge in [0.1, 0.15) is 0 Å². The number of aromatic nitrogens is 4. The van der Waals surface area contributed by atoms with Crippen LogP contribution in [0.2, 0.25) is 0 Å². The van der Waals surface area contributed by atoms with Crippen LogP contribution in [0.3, 0.4) is 0 Å². The van der Waals surface area contributed by atoms with Gasteiger partial charge in [-0.3, -0.25) is 0 Å². The third-order valence-electron chi connectivity index (χ3n) is 4.28. The van der Waals surface area contributed by atoms with E-state index in [1.54, 1.807) is 37.4 Å². The molecule has 130 valence electrons. The first-order valence-corrected chi connectivity index (χ1v) is 9.55. The molecule has 0 spiro atoms. The Labute approximate surface area is 151 Å². The fraction of sp³-hybridized carbons (Fsp3) is 0.105. The van der Waals surface area contributed by atoms with E-state index in [2.05, 4.69) is 15.3 Å². The van der Waals surface area contributed by atoms with Crippen LogP contribution in [0.25, 0.3) is 16.8 Å². The van der Waals surface area contributed by atoms with Gasteiger partial charge in [-0.25, -0.2) is 12.9 Å². The van der Waals surface area contributed by atoms with E-state index in [9.17, 15) is 8.42 Å². The van der Waals surface area contributed by atoms with Crippen LogP contribution in [0.5, 0.6) is 0 Å². The van der Waals surface area contributed by atoms with Crippen LogP contribution >= 0.6 is 0 Å². The Kier molecular flexibility index (Phi) is 3.81. The average molecular weight is 364 g/mol. The smallest absolute Gasteiger partial charge is 0.217 e. The molecule has 2 heterocycles. The molecule has 4 aromatic rings. The predicted molar refractivity (Wildman–Crippen MR) is 97.6 cm³/mol. The highest BCUT2D eigenvalue weighted by atomic mass is 32.2. The number of fused-ring (bicyclic) bond motifs is 1. The fourth-order valence-electron chi connectivity index (χ4n) is 2.84. The van der Waals surface area contributed by atoms with E-state index in [1.165, 1.54) is 4.52 Å². The third-order valence-corrected chi connectivity index (χ3v) is 6.06. The van der Waals surface area contributed by atoms with Gasteiger partial charge in [0.25, 0.3) is 0 Å². The van der Waals surface area contributed by atoms with Crippen molar-refractivity contribution in [3.63, 3.8) is 0 Å². The van der Waals surface area contributed by atoms with Gasteiger partial charge in [0, 0.05) is 5.56 Å². The monoisotopic (exact) mass is 364 g/mol. The summed E-state index contributed by atoms with van der Waals surface area (Å²) < 4.78 is 27.4. The molecule has 0 unspecified atom stereocenters. The number of benzene rings is 2.